The fraction of sp³-hybridized carbons (Fsp3) is 0.111. The van der Waals surface area contributed by atoms with E-state index in [1.165, 1.54) is 0 Å². The van der Waals surface area contributed by atoms with Gasteiger partial charge in [-0.1, -0.05) is 11.8 Å². The van der Waals surface area contributed by atoms with Crippen LogP contribution in [0.25, 0.3) is 11.5 Å². The predicted molar refractivity (Wildman–Crippen MR) is 65.7 cm³/mol. The van der Waals surface area contributed by atoms with Crippen molar-refractivity contribution in [2.75, 3.05) is 5.75 Å². The molecular weight excluding hydrogens is 308 g/mol. The number of hydrogen-bond acceptors (Lipinski definition) is 5. The lowest BCUT2D eigenvalue weighted by Gasteiger charge is -1.94. The summed E-state index contributed by atoms with van der Waals surface area (Å²) < 4.78 is 0.876. The Morgan fingerprint density at radius 2 is 2.35 bits per heavy atom. The smallest absolute Gasteiger partial charge is 0.313 e. The molecule has 0 aromatic carbocycles. The van der Waals surface area contributed by atoms with Crippen LogP contribution < -0.4 is 0 Å². The standard InChI is InChI=1S/C9H7BrN4O2S/c10-5-1-2-6(11-3-5)8-12-9(14-13-8)17-4-7(15)16/h1-3H,4H2,(H,15,16)(H,12,13,14). The van der Waals surface area contributed by atoms with Gasteiger partial charge in [-0.25, -0.2) is 0 Å². The molecule has 0 saturated heterocycles. The summed E-state index contributed by atoms with van der Waals surface area (Å²) in [5.74, 6) is -0.445. The number of pyridine rings is 1. The van der Waals surface area contributed by atoms with Gasteiger partial charge >= 0.3 is 5.97 Å². The van der Waals surface area contributed by atoms with E-state index in [1.807, 2.05) is 6.07 Å². The molecular formula is C9H7BrN4O2S. The van der Waals surface area contributed by atoms with Gasteiger partial charge in [-0.3, -0.25) is 14.9 Å². The summed E-state index contributed by atoms with van der Waals surface area (Å²) in [6.45, 7) is 0. The molecule has 0 fully saturated rings. The molecule has 88 valence electrons. The Kier molecular flexibility index (Phi) is 3.75. The number of aromatic amines is 1. The highest BCUT2D eigenvalue weighted by Gasteiger charge is 2.08. The highest BCUT2D eigenvalue weighted by molar-refractivity contribution is 9.10. The lowest BCUT2D eigenvalue weighted by molar-refractivity contribution is -0.133. The van der Waals surface area contributed by atoms with Crippen molar-refractivity contribution in [2.24, 2.45) is 0 Å². The molecule has 0 amide bonds. The zero-order valence-corrected chi connectivity index (χ0v) is 10.8. The van der Waals surface area contributed by atoms with E-state index in [2.05, 4.69) is 36.1 Å². The van der Waals surface area contributed by atoms with Crippen LogP contribution in [0, 0.1) is 0 Å². The van der Waals surface area contributed by atoms with Crippen LogP contribution in [0.1, 0.15) is 0 Å². The van der Waals surface area contributed by atoms with Gasteiger partial charge in [0.15, 0.2) is 5.82 Å². The topological polar surface area (TPSA) is 91.8 Å². The molecule has 2 aromatic rings. The third-order valence-corrected chi connectivity index (χ3v) is 3.06. The van der Waals surface area contributed by atoms with E-state index in [0.717, 1.165) is 16.2 Å². The predicted octanol–water partition coefficient (Wildman–Crippen LogP) is 1.81. The Morgan fingerprint density at radius 1 is 1.53 bits per heavy atom. The first-order chi connectivity index (χ1) is 8.15. The van der Waals surface area contributed by atoms with E-state index in [1.54, 1.807) is 12.3 Å². The fourth-order valence-electron chi connectivity index (χ4n) is 1.07. The summed E-state index contributed by atoms with van der Waals surface area (Å²) in [5.41, 5.74) is 0.655. The Morgan fingerprint density at radius 3 is 3.00 bits per heavy atom. The lowest BCUT2D eigenvalue weighted by atomic mass is 10.3. The maximum absolute atomic E-state index is 10.4. The number of aromatic nitrogens is 4. The number of H-pyrrole nitrogens is 1. The zero-order valence-electron chi connectivity index (χ0n) is 8.42. The molecule has 2 heterocycles. The number of halogens is 1. The van der Waals surface area contributed by atoms with Gasteiger partial charge in [-0.05, 0) is 28.1 Å². The van der Waals surface area contributed by atoms with Gasteiger partial charge in [0.1, 0.15) is 5.69 Å². The summed E-state index contributed by atoms with van der Waals surface area (Å²) in [6.07, 6.45) is 1.65. The summed E-state index contributed by atoms with van der Waals surface area (Å²) in [4.78, 5) is 18.7. The molecule has 0 aliphatic heterocycles. The van der Waals surface area contributed by atoms with Crippen LogP contribution in [-0.4, -0.2) is 37.0 Å². The normalized spacial score (nSPS) is 10.4. The minimum Gasteiger partial charge on any atom is -0.481 e. The van der Waals surface area contributed by atoms with Crippen LogP contribution in [0.2, 0.25) is 0 Å². The number of rotatable bonds is 4. The highest BCUT2D eigenvalue weighted by atomic mass is 79.9. The third-order valence-electron chi connectivity index (χ3n) is 1.76. The second-order valence-corrected chi connectivity index (χ2v) is 4.87. The van der Waals surface area contributed by atoms with E-state index >= 15 is 0 Å². The van der Waals surface area contributed by atoms with Crippen molar-refractivity contribution in [3.8, 4) is 11.5 Å². The molecule has 6 nitrogen and oxygen atoms in total. The highest BCUT2D eigenvalue weighted by Crippen LogP contribution is 2.18. The molecule has 2 aromatic heterocycles. The van der Waals surface area contributed by atoms with Gasteiger partial charge in [-0.15, -0.1) is 5.10 Å². The number of nitrogens with zero attached hydrogens (tertiary/aromatic N) is 3. The maximum Gasteiger partial charge on any atom is 0.313 e. The van der Waals surface area contributed by atoms with Crippen LogP contribution in [0.3, 0.4) is 0 Å². The second-order valence-electron chi connectivity index (χ2n) is 3.01. The van der Waals surface area contributed by atoms with Gasteiger partial charge in [-0.2, -0.15) is 4.98 Å². The minimum atomic E-state index is -0.900. The lowest BCUT2D eigenvalue weighted by Crippen LogP contribution is -1.97. The van der Waals surface area contributed by atoms with Crippen LogP contribution in [-0.2, 0) is 4.79 Å². The van der Waals surface area contributed by atoms with Crippen molar-refractivity contribution < 1.29 is 9.90 Å². The second kappa shape index (κ2) is 5.28. The molecule has 17 heavy (non-hydrogen) atoms. The number of carboxylic acids is 1. The Balaban J connectivity index is 2.12. The molecule has 0 aliphatic carbocycles. The van der Waals surface area contributed by atoms with E-state index in [0.29, 0.717) is 16.7 Å². The third kappa shape index (κ3) is 3.27. The van der Waals surface area contributed by atoms with Crippen molar-refractivity contribution in [3.05, 3.63) is 22.8 Å². The summed E-state index contributed by atoms with van der Waals surface area (Å²) in [6, 6.07) is 3.63. The van der Waals surface area contributed by atoms with Gasteiger partial charge < -0.3 is 5.11 Å². The van der Waals surface area contributed by atoms with E-state index in [-0.39, 0.29) is 5.75 Å². The molecule has 2 N–H and O–H groups in total. The molecule has 0 bridgehead atoms. The SMILES string of the molecule is O=C(O)CSc1n[nH]c(-c2ccc(Br)cn2)n1. The first kappa shape index (κ1) is 12.1. The number of carboxylic acid groups (broad SMARTS) is 1. The van der Waals surface area contributed by atoms with Crippen molar-refractivity contribution in [1.29, 1.82) is 0 Å². The quantitative estimate of drug-likeness (QED) is 0.836. The molecule has 0 radical (unpaired) electrons. The molecule has 0 aliphatic rings. The average Bonchev–Trinajstić information content (AvgIpc) is 2.76. The van der Waals surface area contributed by atoms with Crippen LogP contribution in [0.5, 0.6) is 0 Å². The summed E-state index contributed by atoms with van der Waals surface area (Å²) in [5, 5.41) is 15.5. The van der Waals surface area contributed by atoms with Gasteiger partial charge in [0.2, 0.25) is 5.16 Å². The van der Waals surface area contributed by atoms with Crippen LogP contribution >= 0.6 is 27.7 Å². The monoisotopic (exact) mass is 314 g/mol. The van der Waals surface area contributed by atoms with Crippen LogP contribution in [0.15, 0.2) is 28.0 Å². The van der Waals surface area contributed by atoms with Gasteiger partial charge in [0.05, 0.1) is 5.75 Å². The Bertz CT molecular complexity index is 528. The minimum absolute atomic E-state index is 0.0644. The molecule has 0 spiro atoms. The average molecular weight is 315 g/mol. The summed E-state index contributed by atoms with van der Waals surface area (Å²) in [7, 11) is 0. The van der Waals surface area contributed by atoms with Crippen molar-refractivity contribution >= 4 is 33.7 Å². The van der Waals surface area contributed by atoms with Crippen molar-refractivity contribution in [3.63, 3.8) is 0 Å². The number of nitrogens with one attached hydrogen (secondary N) is 1. The first-order valence-corrected chi connectivity index (χ1v) is 6.32. The van der Waals surface area contributed by atoms with Crippen LogP contribution in [0.4, 0.5) is 0 Å². The number of thioether (sulfide) groups is 1. The summed E-state index contributed by atoms with van der Waals surface area (Å²) >= 11 is 4.34. The van der Waals surface area contributed by atoms with E-state index < -0.39 is 5.97 Å². The number of carbonyl (C=O) groups is 1. The molecule has 0 saturated carbocycles. The van der Waals surface area contributed by atoms with Crippen molar-refractivity contribution in [2.45, 2.75) is 5.16 Å². The molecule has 2 rings (SSSR count). The first-order valence-electron chi connectivity index (χ1n) is 4.54. The Labute approximate surface area is 109 Å². The van der Waals surface area contributed by atoms with E-state index in [4.69, 9.17) is 5.11 Å². The maximum atomic E-state index is 10.4. The number of aliphatic carboxylic acids is 1. The zero-order chi connectivity index (χ0) is 12.3. The number of hydrogen-bond donors (Lipinski definition) is 2. The van der Waals surface area contributed by atoms with Gasteiger partial charge in [0.25, 0.3) is 0 Å². The largest absolute Gasteiger partial charge is 0.481 e. The fourth-order valence-corrected chi connectivity index (χ4v) is 1.82. The van der Waals surface area contributed by atoms with E-state index in [9.17, 15) is 4.79 Å². The Hall–Kier alpha value is -1.41. The molecule has 0 atom stereocenters. The molecule has 0 unspecified atom stereocenters. The molecule has 8 heteroatoms. The van der Waals surface area contributed by atoms with Gasteiger partial charge in [0, 0.05) is 10.7 Å². The van der Waals surface area contributed by atoms with Crippen molar-refractivity contribution in [1.82, 2.24) is 20.2 Å².